The maximum atomic E-state index is 13.1. The predicted octanol–water partition coefficient (Wildman–Crippen LogP) is 4.08. The number of benzene rings is 3. The molecule has 3 aromatic rings. The highest BCUT2D eigenvalue weighted by atomic mass is 16.5. The number of hydrogen-bond acceptors (Lipinski definition) is 6. The van der Waals surface area contributed by atoms with E-state index in [2.05, 4.69) is 5.32 Å². The summed E-state index contributed by atoms with van der Waals surface area (Å²) >= 11 is 0. The highest BCUT2D eigenvalue weighted by Gasteiger charge is 2.32. The van der Waals surface area contributed by atoms with Gasteiger partial charge in [0.05, 0.1) is 24.5 Å². The average Bonchev–Trinajstić information content (AvgIpc) is 2.89. The lowest BCUT2D eigenvalue weighted by Crippen LogP contribution is -2.45. The normalized spacial score (nSPS) is 14.3. The molecule has 9 nitrogen and oxygen atoms in total. The molecule has 1 unspecified atom stereocenters. The van der Waals surface area contributed by atoms with Gasteiger partial charge in [0.15, 0.2) is 5.75 Å². The average molecular weight is 505 g/mol. The number of para-hydroxylation sites is 1. The summed E-state index contributed by atoms with van der Waals surface area (Å²) in [7, 11) is 0. The second-order valence-corrected chi connectivity index (χ2v) is 8.61. The zero-order valence-corrected chi connectivity index (χ0v) is 20.1. The minimum atomic E-state index is -1.16. The minimum absolute atomic E-state index is 0.0371. The van der Waals surface area contributed by atoms with Gasteiger partial charge in [-0.1, -0.05) is 42.5 Å². The molecule has 1 amide bonds. The van der Waals surface area contributed by atoms with Crippen LogP contribution in [0.3, 0.4) is 0 Å². The number of rotatable bonds is 11. The van der Waals surface area contributed by atoms with Crippen molar-refractivity contribution in [3.8, 4) is 11.5 Å². The summed E-state index contributed by atoms with van der Waals surface area (Å²) in [5.74, 6) is -1.67. The number of anilines is 2. The van der Waals surface area contributed by atoms with Gasteiger partial charge in [-0.25, -0.2) is 4.79 Å². The molecule has 1 aliphatic rings. The molecule has 0 fully saturated rings. The Balaban J connectivity index is 1.47. The van der Waals surface area contributed by atoms with Crippen molar-refractivity contribution in [1.82, 2.24) is 0 Å². The van der Waals surface area contributed by atoms with Gasteiger partial charge in [-0.2, -0.15) is 0 Å². The van der Waals surface area contributed by atoms with E-state index in [-0.39, 0.29) is 18.7 Å². The lowest BCUT2D eigenvalue weighted by atomic mass is 10.1. The number of carbonyl (C=O) groups is 3. The van der Waals surface area contributed by atoms with Gasteiger partial charge >= 0.3 is 11.9 Å². The van der Waals surface area contributed by atoms with Gasteiger partial charge in [-0.05, 0) is 42.3 Å². The number of nitrogens with one attached hydrogen (secondary N) is 1. The Morgan fingerprint density at radius 3 is 2.54 bits per heavy atom. The fourth-order valence-corrected chi connectivity index (χ4v) is 4.09. The Morgan fingerprint density at radius 2 is 1.78 bits per heavy atom. The first-order chi connectivity index (χ1) is 17.9. The van der Waals surface area contributed by atoms with Crippen molar-refractivity contribution in [2.75, 3.05) is 29.9 Å². The zero-order chi connectivity index (χ0) is 26.2. The summed E-state index contributed by atoms with van der Waals surface area (Å²) < 4.78 is 11.6. The van der Waals surface area contributed by atoms with Crippen molar-refractivity contribution >= 4 is 29.2 Å². The van der Waals surface area contributed by atoms with Gasteiger partial charge in [0.25, 0.3) is 5.91 Å². The summed E-state index contributed by atoms with van der Waals surface area (Å²) in [5.41, 5.74) is 2.45. The largest absolute Gasteiger partial charge is 0.493 e. The van der Waals surface area contributed by atoms with Gasteiger partial charge < -0.3 is 29.9 Å². The van der Waals surface area contributed by atoms with E-state index < -0.39 is 23.9 Å². The molecular formula is C28H28N2O7. The van der Waals surface area contributed by atoms with Gasteiger partial charge in [0, 0.05) is 24.9 Å². The lowest BCUT2D eigenvalue weighted by Gasteiger charge is -2.35. The Bertz CT molecular complexity index is 1260. The molecule has 0 saturated heterocycles. The molecule has 0 radical (unpaired) electrons. The first-order valence-electron chi connectivity index (χ1n) is 12.0. The van der Waals surface area contributed by atoms with Gasteiger partial charge in [0.1, 0.15) is 5.75 Å². The third-order valence-electron chi connectivity index (χ3n) is 5.92. The molecule has 0 bridgehead atoms. The van der Waals surface area contributed by atoms with Gasteiger partial charge in [0.2, 0.25) is 6.10 Å². The smallest absolute Gasteiger partial charge is 0.346 e. The first-order valence-corrected chi connectivity index (χ1v) is 12.0. The number of carboxylic acid groups (broad SMARTS) is 2. The molecule has 3 N–H and O–H groups in total. The zero-order valence-electron chi connectivity index (χ0n) is 20.1. The molecule has 1 aliphatic heterocycles. The van der Waals surface area contributed by atoms with Crippen molar-refractivity contribution in [2.24, 2.45) is 0 Å². The summed E-state index contributed by atoms with van der Waals surface area (Å²) in [5, 5.41) is 21.3. The molecule has 0 aromatic heterocycles. The minimum Gasteiger partial charge on any atom is -0.493 e. The van der Waals surface area contributed by atoms with Crippen LogP contribution in [0.5, 0.6) is 11.5 Å². The molecule has 0 spiro atoms. The molecule has 4 rings (SSSR count). The summed E-state index contributed by atoms with van der Waals surface area (Å²) in [6.45, 7) is 0.872. The quantitative estimate of drug-likeness (QED) is 0.357. The van der Waals surface area contributed by atoms with E-state index in [0.29, 0.717) is 42.3 Å². The molecule has 192 valence electrons. The van der Waals surface area contributed by atoms with Crippen LogP contribution in [-0.2, 0) is 16.0 Å². The van der Waals surface area contributed by atoms with Crippen molar-refractivity contribution in [1.29, 1.82) is 0 Å². The number of carbonyl (C=O) groups excluding carboxylic acids is 1. The first kappa shape index (κ1) is 25.6. The Hall–Kier alpha value is -4.53. The highest BCUT2D eigenvalue weighted by molar-refractivity contribution is 6.06. The topological polar surface area (TPSA) is 125 Å². The second-order valence-electron chi connectivity index (χ2n) is 8.61. The number of aliphatic carboxylic acids is 2. The van der Waals surface area contributed by atoms with E-state index in [1.165, 1.54) is 0 Å². The summed E-state index contributed by atoms with van der Waals surface area (Å²) in [6.07, 6.45) is -0.116. The van der Waals surface area contributed by atoms with Crippen LogP contribution in [0, 0.1) is 0 Å². The fraction of sp³-hybridized carbons (Fsp3) is 0.250. The lowest BCUT2D eigenvalue weighted by molar-refractivity contribution is -0.145. The van der Waals surface area contributed by atoms with E-state index in [4.69, 9.17) is 14.6 Å². The Labute approximate surface area is 214 Å². The van der Waals surface area contributed by atoms with E-state index >= 15 is 0 Å². The van der Waals surface area contributed by atoms with Gasteiger partial charge in [-0.3, -0.25) is 9.59 Å². The summed E-state index contributed by atoms with van der Waals surface area (Å²) in [6, 6.07) is 21.9. The standard InChI is InChI=1S/C28H28N2O7/c31-25(32)13-6-15-30-18-24(28(34)35)37-26-22(11-5-12-23(26)30)29-27(33)20-9-4-10-21(17-20)36-16-14-19-7-2-1-3-8-19/h1-5,7-12,17,24H,6,13-16,18H2,(H,29,33)(H,31,32)(H,34,35). The van der Waals surface area contributed by atoms with Crippen LogP contribution in [-0.4, -0.2) is 53.9 Å². The van der Waals surface area contributed by atoms with E-state index in [1.54, 1.807) is 47.4 Å². The molecule has 9 heteroatoms. The van der Waals surface area contributed by atoms with Crippen LogP contribution < -0.4 is 19.7 Å². The van der Waals surface area contributed by atoms with Crippen LogP contribution in [0.2, 0.25) is 0 Å². The third-order valence-corrected chi connectivity index (χ3v) is 5.92. The molecular weight excluding hydrogens is 476 g/mol. The monoisotopic (exact) mass is 504 g/mol. The van der Waals surface area contributed by atoms with Crippen LogP contribution in [0.15, 0.2) is 72.8 Å². The number of nitrogens with zero attached hydrogens (tertiary/aromatic N) is 1. The molecule has 0 aliphatic carbocycles. The molecule has 1 heterocycles. The number of ether oxygens (including phenoxy) is 2. The van der Waals surface area contributed by atoms with Crippen LogP contribution in [0.4, 0.5) is 11.4 Å². The molecule has 3 aromatic carbocycles. The fourth-order valence-electron chi connectivity index (χ4n) is 4.09. The Kier molecular flexibility index (Phi) is 8.25. The second kappa shape index (κ2) is 11.9. The van der Waals surface area contributed by atoms with Crippen LogP contribution >= 0.6 is 0 Å². The summed E-state index contributed by atoms with van der Waals surface area (Å²) in [4.78, 5) is 37.5. The number of fused-ring (bicyclic) bond motifs is 1. The van der Waals surface area contributed by atoms with E-state index in [1.807, 2.05) is 30.3 Å². The van der Waals surface area contributed by atoms with E-state index in [9.17, 15) is 19.5 Å². The molecule has 37 heavy (non-hydrogen) atoms. The number of hydrogen-bond donors (Lipinski definition) is 3. The van der Waals surface area contributed by atoms with Crippen molar-refractivity contribution < 1.29 is 34.1 Å². The molecule has 0 saturated carbocycles. The van der Waals surface area contributed by atoms with E-state index in [0.717, 1.165) is 12.0 Å². The maximum Gasteiger partial charge on any atom is 0.346 e. The van der Waals surface area contributed by atoms with Crippen molar-refractivity contribution in [3.05, 3.63) is 83.9 Å². The number of carboxylic acids is 2. The molecule has 1 atom stereocenters. The van der Waals surface area contributed by atoms with Crippen molar-refractivity contribution in [3.63, 3.8) is 0 Å². The highest BCUT2D eigenvalue weighted by Crippen LogP contribution is 2.40. The maximum absolute atomic E-state index is 13.1. The van der Waals surface area contributed by atoms with Crippen LogP contribution in [0.25, 0.3) is 0 Å². The SMILES string of the molecule is O=C(O)CCCN1CC(C(=O)O)Oc2c(NC(=O)c3cccc(OCCc4ccccc4)c3)cccc21. The van der Waals surface area contributed by atoms with Gasteiger partial charge in [-0.15, -0.1) is 0 Å². The Morgan fingerprint density at radius 1 is 1.00 bits per heavy atom. The van der Waals surface area contributed by atoms with Crippen LogP contribution in [0.1, 0.15) is 28.8 Å². The third kappa shape index (κ3) is 6.78. The predicted molar refractivity (Wildman–Crippen MR) is 138 cm³/mol. The number of amides is 1. The van der Waals surface area contributed by atoms with Crippen molar-refractivity contribution in [2.45, 2.75) is 25.4 Å².